The monoisotopic (exact) mass is 385 g/mol. The van der Waals surface area contributed by atoms with Crippen LogP contribution < -0.4 is 10.6 Å². The van der Waals surface area contributed by atoms with Crippen molar-refractivity contribution in [3.05, 3.63) is 64.4 Å². The maximum atomic E-state index is 12.4. The predicted molar refractivity (Wildman–Crippen MR) is 106 cm³/mol. The SMILES string of the molecule is O=C(NCCc1cccc(Cl)c1)c1cccc(C(=O)NC2CCCCC2)n1. The van der Waals surface area contributed by atoms with Gasteiger partial charge >= 0.3 is 0 Å². The number of halogens is 1. The standard InChI is InChI=1S/C21H24ClN3O2/c22-16-7-4-6-15(14-16)12-13-23-20(26)18-10-5-11-19(25-18)21(27)24-17-8-2-1-3-9-17/h4-7,10-11,14,17H,1-3,8-9,12-13H2,(H,23,26)(H,24,27). The number of carbonyl (C=O) groups excluding carboxylic acids is 2. The number of aromatic nitrogens is 1. The number of amides is 2. The van der Waals surface area contributed by atoms with Crippen molar-refractivity contribution in [3.8, 4) is 0 Å². The summed E-state index contributed by atoms with van der Waals surface area (Å²) in [5.41, 5.74) is 1.58. The van der Waals surface area contributed by atoms with Gasteiger partial charge in [-0.2, -0.15) is 0 Å². The van der Waals surface area contributed by atoms with Gasteiger partial charge in [0.1, 0.15) is 11.4 Å². The summed E-state index contributed by atoms with van der Waals surface area (Å²) in [4.78, 5) is 29.0. The first kappa shape index (κ1) is 19.4. The van der Waals surface area contributed by atoms with Gasteiger partial charge in [-0.1, -0.05) is 49.1 Å². The zero-order chi connectivity index (χ0) is 19.1. The molecule has 0 bridgehead atoms. The number of nitrogens with zero attached hydrogens (tertiary/aromatic N) is 1. The van der Waals surface area contributed by atoms with Crippen LogP contribution >= 0.6 is 11.6 Å². The number of pyridine rings is 1. The molecule has 2 N–H and O–H groups in total. The van der Waals surface area contributed by atoms with Crippen molar-refractivity contribution in [3.63, 3.8) is 0 Å². The number of hydrogen-bond acceptors (Lipinski definition) is 3. The molecule has 0 atom stereocenters. The van der Waals surface area contributed by atoms with Gasteiger partial charge in [-0.25, -0.2) is 4.98 Å². The predicted octanol–water partition coefficient (Wildman–Crippen LogP) is 3.77. The van der Waals surface area contributed by atoms with Crippen molar-refractivity contribution in [2.75, 3.05) is 6.54 Å². The van der Waals surface area contributed by atoms with Crippen LogP contribution in [0.1, 0.15) is 58.6 Å². The number of benzene rings is 1. The summed E-state index contributed by atoms with van der Waals surface area (Å²) in [7, 11) is 0. The van der Waals surface area contributed by atoms with Crippen LogP contribution in [0.4, 0.5) is 0 Å². The zero-order valence-electron chi connectivity index (χ0n) is 15.2. The molecule has 3 rings (SSSR count). The third-order valence-electron chi connectivity index (χ3n) is 4.74. The molecule has 1 saturated carbocycles. The fourth-order valence-corrected chi connectivity index (χ4v) is 3.51. The molecule has 1 aliphatic rings. The highest BCUT2D eigenvalue weighted by Gasteiger charge is 2.18. The van der Waals surface area contributed by atoms with Crippen molar-refractivity contribution in [2.24, 2.45) is 0 Å². The van der Waals surface area contributed by atoms with E-state index in [9.17, 15) is 9.59 Å². The molecule has 0 unspecified atom stereocenters. The normalized spacial score (nSPS) is 14.6. The van der Waals surface area contributed by atoms with Crippen molar-refractivity contribution in [1.82, 2.24) is 15.6 Å². The Bertz CT molecular complexity index is 804. The Balaban J connectivity index is 1.54. The summed E-state index contributed by atoms with van der Waals surface area (Å²) in [6.07, 6.45) is 6.22. The lowest BCUT2D eigenvalue weighted by molar-refractivity contribution is 0.0922. The lowest BCUT2D eigenvalue weighted by Gasteiger charge is -2.22. The summed E-state index contributed by atoms with van der Waals surface area (Å²) in [6, 6.07) is 12.7. The molecule has 0 radical (unpaired) electrons. The Morgan fingerprint density at radius 2 is 1.70 bits per heavy atom. The van der Waals surface area contributed by atoms with Gasteiger partial charge < -0.3 is 10.6 Å². The quantitative estimate of drug-likeness (QED) is 0.795. The van der Waals surface area contributed by atoms with E-state index in [0.29, 0.717) is 18.0 Å². The van der Waals surface area contributed by atoms with E-state index in [2.05, 4.69) is 15.6 Å². The summed E-state index contributed by atoms with van der Waals surface area (Å²) in [5.74, 6) is -0.500. The molecule has 0 spiro atoms. The largest absolute Gasteiger partial charge is 0.350 e. The van der Waals surface area contributed by atoms with Crippen LogP contribution in [0.3, 0.4) is 0 Å². The van der Waals surface area contributed by atoms with Gasteiger partial charge in [0.25, 0.3) is 11.8 Å². The molecule has 27 heavy (non-hydrogen) atoms. The highest BCUT2D eigenvalue weighted by Crippen LogP contribution is 2.17. The molecule has 2 amide bonds. The van der Waals surface area contributed by atoms with E-state index in [1.165, 1.54) is 6.42 Å². The van der Waals surface area contributed by atoms with Crippen LogP contribution in [-0.4, -0.2) is 29.4 Å². The van der Waals surface area contributed by atoms with Gasteiger partial charge in [0, 0.05) is 17.6 Å². The second kappa shape index (κ2) is 9.51. The van der Waals surface area contributed by atoms with Gasteiger partial charge in [-0.3, -0.25) is 9.59 Å². The van der Waals surface area contributed by atoms with Gasteiger partial charge in [0.05, 0.1) is 0 Å². The van der Waals surface area contributed by atoms with Crippen LogP contribution in [0.2, 0.25) is 5.02 Å². The van der Waals surface area contributed by atoms with Gasteiger partial charge in [0.15, 0.2) is 0 Å². The van der Waals surface area contributed by atoms with E-state index in [1.54, 1.807) is 18.2 Å². The van der Waals surface area contributed by atoms with Gasteiger partial charge in [-0.15, -0.1) is 0 Å². The Kier molecular flexibility index (Phi) is 6.82. The minimum atomic E-state index is -0.288. The number of rotatable bonds is 6. The molecule has 5 nitrogen and oxygen atoms in total. The Labute approximate surface area is 164 Å². The minimum absolute atomic E-state index is 0.211. The summed E-state index contributed by atoms with van der Waals surface area (Å²) in [5, 5.41) is 6.54. The number of carbonyl (C=O) groups is 2. The van der Waals surface area contributed by atoms with Crippen LogP contribution in [0.5, 0.6) is 0 Å². The average molecular weight is 386 g/mol. The van der Waals surface area contributed by atoms with Gasteiger partial charge in [0.2, 0.25) is 0 Å². The summed E-state index contributed by atoms with van der Waals surface area (Å²) in [6.45, 7) is 0.472. The van der Waals surface area contributed by atoms with Crippen LogP contribution in [0.25, 0.3) is 0 Å². The third kappa shape index (κ3) is 5.79. The van der Waals surface area contributed by atoms with Crippen molar-refractivity contribution in [2.45, 2.75) is 44.6 Å². The maximum Gasteiger partial charge on any atom is 0.270 e. The average Bonchev–Trinajstić information content (AvgIpc) is 2.69. The molecule has 1 aromatic carbocycles. The molecule has 0 saturated heterocycles. The third-order valence-corrected chi connectivity index (χ3v) is 4.98. The second-order valence-corrected chi connectivity index (χ2v) is 7.29. The Hall–Kier alpha value is -2.40. The molecule has 1 aromatic heterocycles. The molecular weight excluding hydrogens is 362 g/mol. The lowest BCUT2D eigenvalue weighted by Crippen LogP contribution is -2.37. The van der Waals surface area contributed by atoms with E-state index >= 15 is 0 Å². The summed E-state index contributed by atoms with van der Waals surface area (Å²) < 4.78 is 0. The number of hydrogen-bond donors (Lipinski definition) is 2. The Morgan fingerprint density at radius 1 is 1.00 bits per heavy atom. The fraction of sp³-hybridized carbons (Fsp3) is 0.381. The van der Waals surface area contributed by atoms with E-state index in [4.69, 9.17) is 11.6 Å². The van der Waals surface area contributed by atoms with Crippen LogP contribution in [0.15, 0.2) is 42.5 Å². The molecular formula is C21H24ClN3O2. The highest BCUT2D eigenvalue weighted by molar-refractivity contribution is 6.30. The lowest BCUT2D eigenvalue weighted by atomic mass is 9.95. The molecule has 2 aromatic rings. The minimum Gasteiger partial charge on any atom is -0.350 e. The maximum absolute atomic E-state index is 12.4. The molecule has 1 aliphatic carbocycles. The van der Waals surface area contributed by atoms with E-state index in [1.807, 2.05) is 24.3 Å². The van der Waals surface area contributed by atoms with E-state index in [-0.39, 0.29) is 29.2 Å². The van der Waals surface area contributed by atoms with Crippen LogP contribution in [0, 0.1) is 0 Å². The van der Waals surface area contributed by atoms with E-state index < -0.39 is 0 Å². The first-order chi connectivity index (χ1) is 13.1. The first-order valence-corrected chi connectivity index (χ1v) is 9.80. The Morgan fingerprint density at radius 3 is 2.44 bits per heavy atom. The molecule has 142 valence electrons. The zero-order valence-corrected chi connectivity index (χ0v) is 16.0. The summed E-state index contributed by atoms with van der Waals surface area (Å²) >= 11 is 5.96. The van der Waals surface area contributed by atoms with Crippen LogP contribution in [-0.2, 0) is 6.42 Å². The van der Waals surface area contributed by atoms with Crippen molar-refractivity contribution < 1.29 is 9.59 Å². The molecule has 6 heteroatoms. The van der Waals surface area contributed by atoms with E-state index in [0.717, 1.165) is 31.2 Å². The first-order valence-electron chi connectivity index (χ1n) is 9.42. The molecule has 1 fully saturated rings. The second-order valence-electron chi connectivity index (χ2n) is 6.85. The highest BCUT2D eigenvalue weighted by atomic mass is 35.5. The van der Waals surface area contributed by atoms with Gasteiger partial charge in [-0.05, 0) is 49.1 Å². The number of nitrogens with one attached hydrogen (secondary N) is 2. The van der Waals surface area contributed by atoms with Crippen molar-refractivity contribution in [1.29, 1.82) is 0 Å². The molecule has 1 heterocycles. The van der Waals surface area contributed by atoms with Crippen molar-refractivity contribution >= 4 is 23.4 Å². The molecule has 0 aliphatic heterocycles. The fourth-order valence-electron chi connectivity index (χ4n) is 3.30. The topological polar surface area (TPSA) is 71.1 Å². The smallest absolute Gasteiger partial charge is 0.270 e.